The van der Waals surface area contributed by atoms with Crippen molar-refractivity contribution < 1.29 is 19.1 Å². The van der Waals surface area contributed by atoms with Gasteiger partial charge in [0.15, 0.2) is 6.61 Å². The molecule has 0 spiro atoms. The van der Waals surface area contributed by atoms with E-state index < -0.39 is 18.5 Å². The normalized spacial score (nSPS) is 10.4. The second kappa shape index (κ2) is 11.1. The third kappa shape index (κ3) is 6.53. The molecule has 170 valence electrons. The van der Waals surface area contributed by atoms with Crippen LogP contribution < -0.4 is 5.32 Å². The number of para-hydroxylation sites is 1. The van der Waals surface area contributed by atoms with E-state index in [0.717, 1.165) is 27.9 Å². The molecule has 0 saturated heterocycles. The summed E-state index contributed by atoms with van der Waals surface area (Å²) in [6.45, 7) is 3.24. The largest absolute Gasteiger partial charge is 0.452 e. The Kier molecular flexibility index (Phi) is 7.97. The first kappa shape index (κ1) is 23.7. The molecule has 0 atom stereocenters. The third-order valence-electron chi connectivity index (χ3n) is 5.35. The molecular formula is C27H28N2O4. The highest BCUT2D eigenvalue weighted by Gasteiger charge is 2.18. The van der Waals surface area contributed by atoms with E-state index in [0.29, 0.717) is 12.0 Å². The molecule has 3 aromatic rings. The van der Waals surface area contributed by atoms with Crippen LogP contribution in [0.5, 0.6) is 0 Å². The summed E-state index contributed by atoms with van der Waals surface area (Å²) in [5.74, 6) is -1.34. The molecule has 0 unspecified atom stereocenters. The Bertz CT molecular complexity index is 1120. The summed E-state index contributed by atoms with van der Waals surface area (Å²) in [6.07, 6.45) is 0.582. The maximum absolute atomic E-state index is 12.6. The van der Waals surface area contributed by atoms with Crippen molar-refractivity contribution in [1.82, 2.24) is 4.90 Å². The molecule has 33 heavy (non-hydrogen) atoms. The molecule has 0 aliphatic carbocycles. The predicted octanol–water partition coefficient (Wildman–Crippen LogP) is 4.15. The minimum atomic E-state index is -0.566. The Labute approximate surface area is 194 Å². The van der Waals surface area contributed by atoms with Crippen LogP contribution >= 0.6 is 0 Å². The van der Waals surface area contributed by atoms with Gasteiger partial charge < -0.3 is 15.0 Å². The standard InChI is InChI=1S/C27H28N2O4/c1-19-10-9-11-20(2)26(19)28-24(30)17-29(3)25(31)18-33-27(32)23-15-8-7-14-22(23)16-21-12-5-4-6-13-21/h4-15H,16-18H2,1-3H3,(H,28,30). The van der Waals surface area contributed by atoms with Gasteiger partial charge in [-0.1, -0.05) is 66.7 Å². The predicted molar refractivity (Wildman–Crippen MR) is 128 cm³/mol. The molecule has 0 fully saturated rings. The maximum Gasteiger partial charge on any atom is 0.338 e. The second-order valence-electron chi connectivity index (χ2n) is 7.96. The number of hydrogen-bond acceptors (Lipinski definition) is 4. The second-order valence-corrected chi connectivity index (χ2v) is 7.96. The Morgan fingerprint density at radius 2 is 1.48 bits per heavy atom. The number of nitrogens with zero attached hydrogens (tertiary/aromatic N) is 1. The number of nitrogens with one attached hydrogen (secondary N) is 1. The van der Waals surface area contributed by atoms with Crippen LogP contribution in [0, 0.1) is 13.8 Å². The van der Waals surface area contributed by atoms with Crippen molar-refractivity contribution >= 4 is 23.5 Å². The molecule has 0 radical (unpaired) electrons. The van der Waals surface area contributed by atoms with Crippen LogP contribution in [0.3, 0.4) is 0 Å². The van der Waals surface area contributed by atoms with Crippen LogP contribution in [0.1, 0.15) is 32.6 Å². The molecule has 0 aromatic heterocycles. The number of hydrogen-bond donors (Lipinski definition) is 1. The molecule has 2 amide bonds. The molecule has 0 saturated carbocycles. The lowest BCUT2D eigenvalue weighted by atomic mass is 10.00. The van der Waals surface area contributed by atoms with Crippen LogP contribution in [0.2, 0.25) is 0 Å². The van der Waals surface area contributed by atoms with Crippen LogP contribution in [0.25, 0.3) is 0 Å². The zero-order valence-corrected chi connectivity index (χ0v) is 19.1. The number of likely N-dealkylation sites (N-methyl/N-ethyl adjacent to an activating group) is 1. The van der Waals surface area contributed by atoms with E-state index in [1.165, 1.54) is 11.9 Å². The van der Waals surface area contributed by atoms with E-state index in [4.69, 9.17) is 4.74 Å². The van der Waals surface area contributed by atoms with Crippen molar-refractivity contribution in [2.45, 2.75) is 20.3 Å². The van der Waals surface area contributed by atoms with Gasteiger partial charge in [0.2, 0.25) is 5.91 Å². The fraction of sp³-hybridized carbons (Fsp3) is 0.222. The minimum Gasteiger partial charge on any atom is -0.452 e. The molecule has 1 N–H and O–H groups in total. The number of esters is 1. The summed E-state index contributed by atoms with van der Waals surface area (Å²) in [5.41, 5.74) is 4.95. The zero-order chi connectivity index (χ0) is 23.8. The number of anilines is 1. The maximum atomic E-state index is 12.6. The van der Waals surface area contributed by atoms with Gasteiger partial charge in [0, 0.05) is 12.7 Å². The first-order valence-corrected chi connectivity index (χ1v) is 10.7. The van der Waals surface area contributed by atoms with Gasteiger partial charge in [0.1, 0.15) is 0 Å². The van der Waals surface area contributed by atoms with E-state index in [-0.39, 0.29) is 12.5 Å². The summed E-state index contributed by atoms with van der Waals surface area (Å²) < 4.78 is 5.27. The highest BCUT2D eigenvalue weighted by molar-refractivity contribution is 5.96. The van der Waals surface area contributed by atoms with Gasteiger partial charge in [0.05, 0.1) is 12.1 Å². The van der Waals surface area contributed by atoms with E-state index in [2.05, 4.69) is 5.32 Å². The fourth-order valence-corrected chi connectivity index (χ4v) is 3.50. The monoisotopic (exact) mass is 444 g/mol. The van der Waals surface area contributed by atoms with Crippen LogP contribution in [-0.2, 0) is 20.7 Å². The number of benzene rings is 3. The summed E-state index contributed by atoms with van der Waals surface area (Å²) >= 11 is 0. The number of amides is 2. The minimum absolute atomic E-state index is 0.144. The summed E-state index contributed by atoms with van der Waals surface area (Å²) in [4.78, 5) is 38.7. The molecule has 0 bridgehead atoms. The van der Waals surface area contributed by atoms with E-state index in [9.17, 15) is 14.4 Å². The van der Waals surface area contributed by atoms with Gasteiger partial charge in [-0.05, 0) is 48.6 Å². The average molecular weight is 445 g/mol. The van der Waals surface area contributed by atoms with Gasteiger partial charge in [-0.25, -0.2) is 4.79 Å². The number of rotatable bonds is 8. The first-order chi connectivity index (χ1) is 15.8. The summed E-state index contributed by atoms with van der Waals surface area (Å²) in [5, 5.41) is 2.85. The highest BCUT2D eigenvalue weighted by Crippen LogP contribution is 2.19. The number of carbonyl (C=O) groups is 3. The first-order valence-electron chi connectivity index (χ1n) is 10.7. The SMILES string of the molecule is Cc1cccc(C)c1NC(=O)CN(C)C(=O)COC(=O)c1ccccc1Cc1ccccc1. The Hall–Kier alpha value is -3.93. The number of aryl methyl sites for hydroxylation is 2. The van der Waals surface area contributed by atoms with Crippen LogP contribution in [0.15, 0.2) is 72.8 Å². The Balaban J connectivity index is 1.55. The smallest absolute Gasteiger partial charge is 0.338 e. The quantitative estimate of drug-likeness (QED) is 0.530. The van der Waals surface area contributed by atoms with Crippen molar-refractivity contribution in [3.8, 4) is 0 Å². The molecule has 3 rings (SSSR count). The van der Waals surface area contributed by atoms with E-state index in [1.807, 2.05) is 74.5 Å². The lowest BCUT2D eigenvalue weighted by molar-refractivity contribution is -0.136. The molecule has 3 aromatic carbocycles. The number of ether oxygens (including phenoxy) is 1. The topological polar surface area (TPSA) is 75.7 Å². The summed E-state index contributed by atoms with van der Waals surface area (Å²) in [7, 11) is 1.50. The van der Waals surface area contributed by atoms with Crippen molar-refractivity contribution in [3.63, 3.8) is 0 Å². The molecule has 6 nitrogen and oxygen atoms in total. The van der Waals surface area contributed by atoms with Crippen molar-refractivity contribution in [2.24, 2.45) is 0 Å². The highest BCUT2D eigenvalue weighted by atomic mass is 16.5. The van der Waals surface area contributed by atoms with Gasteiger partial charge in [-0.2, -0.15) is 0 Å². The van der Waals surface area contributed by atoms with E-state index in [1.54, 1.807) is 12.1 Å². The molecular weight excluding hydrogens is 416 g/mol. The van der Waals surface area contributed by atoms with Gasteiger partial charge in [0.25, 0.3) is 5.91 Å². The molecule has 0 aliphatic rings. The van der Waals surface area contributed by atoms with Crippen LogP contribution in [0.4, 0.5) is 5.69 Å². The van der Waals surface area contributed by atoms with E-state index >= 15 is 0 Å². The molecule has 0 aliphatic heterocycles. The summed E-state index contributed by atoms with van der Waals surface area (Å²) in [6, 6.07) is 22.7. The van der Waals surface area contributed by atoms with Gasteiger partial charge >= 0.3 is 5.97 Å². The lowest BCUT2D eigenvalue weighted by Gasteiger charge is -2.18. The Morgan fingerprint density at radius 3 is 2.18 bits per heavy atom. The third-order valence-corrected chi connectivity index (χ3v) is 5.35. The fourth-order valence-electron chi connectivity index (χ4n) is 3.50. The molecule has 6 heteroatoms. The van der Waals surface area contributed by atoms with Gasteiger partial charge in [-0.3, -0.25) is 9.59 Å². The lowest BCUT2D eigenvalue weighted by Crippen LogP contribution is -2.37. The van der Waals surface area contributed by atoms with Crippen molar-refractivity contribution in [3.05, 3.63) is 101 Å². The average Bonchev–Trinajstić information content (AvgIpc) is 2.80. The Morgan fingerprint density at radius 1 is 0.848 bits per heavy atom. The van der Waals surface area contributed by atoms with Gasteiger partial charge in [-0.15, -0.1) is 0 Å². The zero-order valence-electron chi connectivity index (χ0n) is 19.1. The molecule has 0 heterocycles. The van der Waals surface area contributed by atoms with Crippen molar-refractivity contribution in [1.29, 1.82) is 0 Å². The van der Waals surface area contributed by atoms with Crippen LogP contribution in [-0.4, -0.2) is 42.9 Å². The number of carbonyl (C=O) groups excluding carboxylic acids is 3. The van der Waals surface area contributed by atoms with Crippen molar-refractivity contribution in [2.75, 3.05) is 25.5 Å².